The highest BCUT2D eigenvalue weighted by Gasteiger charge is 2.32. The summed E-state index contributed by atoms with van der Waals surface area (Å²) in [6, 6.07) is 0. The number of carbonyl (C=O) groups excluding carboxylic acids is 2. The summed E-state index contributed by atoms with van der Waals surface area (Å²) in [6.07, 6.45) is 6.16. The van der Waals surface area contributed by atoms with E-state index in [9.17, 15) is 9.59 Å². The Morgan fingerprint density at radius 2 is 2.24 bits per heavy atom. The van der Waals surface area contributed by atoms with Gasteiger partial charge in [-0.3, -0.25) is 14.3 Å². The molecule has 0 bridgehead atoms. The smallest absolute Gasteiger partial charge is 0.241 e. The summed E-state index contributed by atoms with van der Waals surface area (Å²) in [4.78, 5) is 23.4. The minimum Gasteiger partial charge on any atom is -0.358 e. The molecule has 7 nitrogen and oxygen atoms in total. The fourth-order valence-corrected chi connectivity index (χ4v) is 2.64. The van der Waals surface area contributed by atoms with Gasteiger partial charge in [-0.2, -0.15) is 5.10 Å². The number of halogens is 1. The zero-order chi connectivity index (χ0) is 14.5. The highest BCUT2D eigenvalue weighted by Crippen LogP contribution is 2.31. The number of likely N-dealkylation sites (N-methyl/N-ethyl adjacent to an activating group) is 1. The Hall–Kier alpha value is -1.60. The summed E-state index contributed by atoms with van der Waals surface area (Å²) >= 11 is 0. The molecular weight excluding hydrogens is 294 g/mol. The zero-order valence-corrected chi connectivity index (χ0v) is 12.9. The first kappa shape index (κ1) is 17.5. The lowest BCUT2D eigenvalue weighted by atomic mass is 9.95. The average Bonchev–Trinajstić information content (AvgIpc) is 3.07. The summed E-state index contributed by atoms with van der Waals surface area (Å²) in [7, 11) is 1.57. The normalized spacial score (nSPS) is 20.7. The van der Waals surface area contributed by atoms with Crippen molar-refractivity contribution in [2.75, 3.05) is 18.9 Å². The van der Waals surface area contributed by atoms with E-state index in [1.54, 1.807) is 19.4 Å². The average molecular weight is 316 g/mol. The molecule has 2 rings (SSSR count). The van der Waals surface area contributed by atoms with Crippen molar-refractivity contribution in [3.63, 3.8) is 0 Å². The third kappa shape index (κ3) is 4.44. The molecule has 2 amide bonds. The van der Waals surface area contributed by atoms with Gasteiger partial charge in [0, 0.05) is 19.2 Å². The van der Waals surface area contributed by atoms with E-state index in [0.717, 1.165) is 19.3 Å². The molecule has 0 radical (unpaired) electrons. The molecule has 4 N–H and O–H groups in total. The molecule has 1 fully saturated rings. The summed E-state index contributed by atoms with van der Waals surface area (Å²) in [5.74, 6) is 0.126. The van der Waals surface area contributed by atoms with Crippen LogP contribution in [-0.2, 0) is 16.1 Å². The molecule has 1 aliphatic rings. The number of hydrogen-bond acceptors (Lipinski definition) is 4. The molecule has 0 spiro atoms. The predicted molar refractivity (Wildman–Crippen MR) is 82.1 cm³/mol. The van der Waals surface area contributed by atoms with E-state index in [4.69, 9.17) is 5.73 Å². The summed E-state index contributed by atoms with van der Waals surface area (Å²) in [6.45, 7) is 0.690. The van der Waals surface area contributed by atoms with Gasteiger partial charge < -0.3 is 16.4 Å². The van der Waals surface area contributed by atoms with Gasteiger partial charge in [0.2, 0.25) is 11.8 Å². The predicted octanol–water partition coefficient (Wildman–Crippen LogP) is 0.364. The number of rotatable bonds is 5. The summed E-state index contributed by atoms with van der Waals surface area (Å²) in [5, 5.41) is 9.41. The van der Waals surface area contributed by atoms with Crippen LogP contribution in [0.15, 0.2) is 12.4 Å². The van der Waals surface area contributed by atoms with Gasteiger partial charge in [-0.1, -0.05) is 6.42 Å². The molecule has 0 aromatic carbocycles. The van der Waals surface area contributed by atoms with Crippen molar-refractivity contribution in [3.8, 4) is 0 Å². The number of nitrogens with zero attached hydrogens (tertiary/aromatic N) is 2. The van der Waals surface area contributed by atoms with Crippen molar-refractivity contribution in [2.24, 2.45) is 17.6 Å². The molecule has 21 heavy (non-hydrogen) atoms. The molecule has 2 atom stereocenters. The summed E-state index contributed by atoms with van der Waals surface area (Å²) < 4.78 is 1.49. The Morgan fingerprint density at radius 3 is 2.90 bits per heavy atom. The van der Waals surface area contributed by atoms with Crippen molar-refractivity contribution in [3.05, 3.63) is 12.4 Å². The van der Waals surface area contributed by atoms with Gasteiger partial charge in [-0.25, -0.2) is 0 Å². The number of carbonyl (C=O) groups is 2. The lowest BCUT2D eigenvalue weighted by Gasteiger charge is -2.16. The van der Waals surface area contributed by atoms with E-state index in [-0.39, 0.29) is 42.6 Å². The van der Waals surface area contributed by atoms with Crippen molar-refractivity contribution in [1.29, 1.82) is 0 Å². The first-order chi connectivity index (χ1) is 9.63. The fourth-order valence-electron chi connectivity index (χ4n) is 2.64. The topological polar surface area (TPSA) is 102 Å². The number of anilines is 1. The Kier molecular flexibility index (Phi) is 6.64. The number of aromatic nitrogens is 2. The van der Waals surface area contributed by atoms with Gasteiger partial charge in [0.05, 0.1) is 11.9 Å². The standard InChI is InChI=1S/C13H21N5O2.ClH/c1-15-12(19)8-18-7-10(6-16-18)17-13(20)11-4-2-3-9(11)5-14;/h6-7,9,11H,2-5,8,14H2,1H3,(H,15,19)(H,17,20);1H/t9-,11-;/m1./s1. The summed E-state index contributed by atoms with van der Waals surface area (Å²) in [5.41, 5.74) is 6.30. The van der Waals surface area contributed by atoms with Gasteiger partial charge in [0.1, 0.15) is 6.54 Å². The molecule has 1 heterocycles. The van der Waals surface area contributed by atoms with Crippen molar-refractivity contribution in [2.45, 2.75) is 25.8 Å². The monoisotopic (exact) mass is 315 g/mol. The van der Waals surface area contributed by atoms with Crippen LogP contribution in [-0.4, -0.2) is 35.2 Å². The minimum atomic E-state index is -0.134. The van der Waals surface area contributed by atoms with Crippen molar-refractivity contribution < 1.29 is 9.59 Å². The number of nitrogens with one attached hydrogen (secondary N) is 2. The van der Waals surface area contributed by atoms with Gasteiger partial charge in [-0.05, 0) is 25.3 Å². The SMILES string of the molecule is CNC(=O)Cn1cc(NC(=O)[C@@H]2CCC[C@@H]2CN)cn1.Cl. The number of nitrogens with two attached hydrogens (primary N) is 1. The minimum absolute atomic E-state index is 0. The number of hydrogen-bond donors (Lipinski definition) is 3. The first-order valence-electron chi connectivity index (χ1n) is 6.88. The lowest BCUT2D eigenvalue weighted by Crippen LogP contribution is -2.29. The third-order valence-electron chi connectivity index (χ3n) is 3.78. The van der Waals surface area contributed by atoms with E-state index in [1.807, 2.05) is 0 Å². The van der Waals surface area contributed by atoms with Crippen LogP contribution in [0.3, 0.4) is 0 Å². The maximum absolute atomic E-state index is 12.2. The maximum atomic E-state index is 12.2. The Morgan fingerprint density at radius 1 is 1.48 bits per heavy atom. The maximum Gasteiger partial charge on any atom is 0.241 e. The van der Waals surface area contributed by atoms with Gasteiger partial charge in [0.15, 0.2) is 0 Å². The molecule has 1 aliphatic carbocycles. The Balaban J connectivity index is 0.00000220. The molecular formula is C13H22ClN5O2. The van der Waals surface area contributed by atoms with Gasteiger partial charge in [0.25, 0.3) is 0 Å². The molecule has 1 aromatic heterocycles. The molecule has 1 aromatic rings. The largest absolute Gasteiger partial charge is 0.358 e. The van der Waals surface area contributed by atoms with Crippen LogP contribution in [0.25, 0.3) is 0 Å². The number of amides is 2. The van der Waals surface area contributed by atoms with Crippen LogP contribution >= 0.6 is 12.4 Å². The molecule has 118 valence electrons. The highest BCUT2D eigenvalue weighted by molar-refractivity contribution is 5.92. The van der Waals surface area contributed by atoms with E-state index in [0.29, 0.717) is 12.2 Å². The van der Waals surface area contributed by atoms with Gasteiger partial charge in [-0.15, -0.1) is 12.4 Å². The van der Waals surface area contributed by atoms with E-state index in [2.05, 4.69) is 15.7 Å². The van der Waals surface area contributed by atoms with E-state index >= 15 is 0 Å². The zero-order valence-electron chi connectivity index (χ0n) is 12.0. The fraction of sp³-hybridized carbons (Fsp3) is 0.615. The van der Waals surface area contributed by atoms with Crippen LogP contribution in [0, 0.1) is 11.8 Å². The van der Waals surface area contributed by atoms with Crippen LogP contribution in [0.5, 0.6) is 0 Å². The second kappa shape index (κ2) is 7.99. The second-order valence-corrected chi connectivity index (χ2v) is 5.12. The second-order valence-electron chi connectivity index (χ2n) is 5.12. The van der Waals surface area contributed by atoms with Crippen LogP contribution < -0.4 is 16.4 Å². The quantitative estimate of drug-likeness (QED) is 0.730. The van der Waals surface area contributed by atoms with Gasteiger partial charge >= 0.3 is 0 Å². The molecule has 0 aliphatic heterocycles. The third-order valence-corrected chi connectivity index (χ3v) is 3.78. The van der Waals surface area contributed by atoms with Crippen LogP contribution in [0.1, 0.15) is 19.3 Å². The van der Waals surface area contributed by atoms with Crippen LogP contribution in [0.4, 0.5) is 5.69 Å². The molecule has 0 unspecified atom stereocenters. The Labute approximate surface area is 130 Å². The van der Waals surface area contributed by atoms with Crippen molar-refractivity contribution in [1.82, 2.24) is 15.1 Å². The molecule has 0 saturated heterocycles. The van der Waals surface area contributed by atoms with E-state index in [1.165, 1.54) is 4.68 Å². The highest BCUT2D eigenvalue weighted by atomic mass is 35.5. The van der Waals surface area contributed by atoms with E-state index < -0.39 is 0 Å². The lowest BCUT2D eigenvalue weighted by molar-refractivity contribution is -0.121. The Bertz CT molecular complexity index is 491. The van der Waals surface area contributed by atoms with Crippen molar-refractivity contribution >= 4 is 29.9 Å². The van der Waals surface area contributed by atoms with Crippen LogP contribution in [0.2, 0.25) is 0 Å². The molecule has 1 saturated carbocycles. The molecule has 8 heteroatoms. The first-order valence-corrected chi connectivity index (χ1v) is 6.88.